The SMILES string of the molecule is c1ccc2[nH]cnc2c1.c1ccoc1. The van der Waals surface area contributed by atoms with E-state index in [2.05, 4.69) is 14.4 Å². The molecule has 0 aliphatic carbocycles. The van der Waals surface area contributed by atoms with Crippen molar-refractivity contribution in [2.24, 2.45) is 0 Å². The number of furan rings is 1. The Morgan fingerprint density at radius 3 is 2.43 bits per heavy atom. The Bertz CT molecular complexity index is 423. The zero-order valence-electron chi connectivity index (χ0n) is 7.55. The van der Waals surface area contributed by atoms with Crippen LogP contribution in [-0.2, 0) is 0 Å². The summed E-state index contributed by atoms with van der Waals surface area (Å²) in [6.45, 7) is 0. The summed E-state index contributed by atoms with van der Waals surface area (Å²) in [7, 11) is 0. The number of benzene rings is 1. The van der Waals surface area contributed by atoms with Crippen LogP contribution in [0.25, 0.3) is 11.0 Å². The first-order valence-electron chi connectivity index (χ1n) is 4.32. The van der Waals surface area contributed by atoms with Gasteiger partial charge in [0.1, 0.15) is 0 Å². The number of H-pyrrole nitrogens is 1. The van der Waals surface area contributed by atoms with Crippen molar-refractivity contribution in [1.29, 1.82) is 0 Å². The van der Waals surface area contributed by atoms with Crippen molar-refractivity contribution in [1.82, 2.24) is 9.97 Å². The molecule has 0 saturated heterocycles. The third kappa shape index (κ3) is 2.01. The van der Waals surface area contributed by atoms with Gasteiger partial charge in [-0.15, -0.1) is 0 Å². The molecule has 1 N–H and O–H groups in total. The second-order valence-electron chi connectivity index (χ2n) is 2.71. The van der Waals surface area contributed by atoms with E-state index in [4.69, 9.17) is 0 Å². The third-order valence-electron chi connectivity index (χ3n) is 1.75. The molecule has 1 aromatic carbocycles. The fraction of sp³-hybridized carbons (Fsp3) is 0. The molecule has 0 fully saturated rings. The summed E-state index contributed by atoms with van der Waals surface area (Å²) in [6, 6.07) is 11.6. The number of para-hydroxylation sites is 2. The Hall–Kier alpha value is -2.03. The minimum atomic E-state index is 1.03. The van der Waals surface area contributed by atoms with E-state index in [-0.39, 0.29) is 0 Å². The molecule has 0 amide bonds. The topological polar surface area (TPSA) is 41.8 Å². The van der Waals surface area contributed by atoms with Gasteiger partial charge in [0, 0.05) is 0 Å². The van der Waals surface area contributed by atoms with Gasteiger partial charge in [0.05, 0.1) is 29.9 Å². The Balaban J connectivity index is 0.000000128. The molecule has 14 heavy (non-hydrogen) atoms. The largest absolute Gasteiger partial charge is 0.473 e. The van der Waals surface area contributed by atoms with Crippen LogP contribution in [0.2, 0.25) is 0 Å². The number of fused-ring (bicyclic) bond motifs is 1. The lowest BCUT2D eigenvalue weighted by Gasteiger charge is -1.81. The number of aromatic nitrogens is 2. The van der Waals surface area contributed by atoms with Crippen LogP contribution in [0, 0.1) is 0 Å². The van der Waals surface area contributed by atoms with Crippen LogP contribution in [-0.4, -0.2) is 9.97 Å². The number of hydrogen-bond acceptors (Lipinski definition) is 2. The van der Waals surface area contributed by atoms with Gasteiger partial charge >= 0.3 is 0 Å². The highest BCUT2D eigenvalue weighted by molar-refractivity contribution is 5.73. The van der Waals surface area contributed by atoms with Crippen molar-refractivity contribution in [3.05, 3.63) is 55.3 Å². The monoisotopic (exact) mass is 186 g/mol. The van der Waals surface area contributed by atoms with Gasteiger partial charge in [-0.2, -0.15) is 0 Å². The smallest absolute Gasteiger partial charge is 0.0931 e. The lowest BCUT2D eigenvalue weighted by molar-refractivity contribution is 0.567. The number of nitrogens with zero attached hydrogens (tertiary/aromatic N) is 1. The summed E-state index contributed by atoms with van der Waals surface area (Å²) in [6.07, 6.45) is 4.95. The number of aromatic amines is 1. The van der Waals surface area contributed by atoms with E-state index in [0.29, 0.717) is 0 Å². The number of nitrogens with one attached hydrogen (secondary N) is 1. The molecule has 0 spiro atoms. The molecule has 0 saturated carbocycles. The number of rotatable bonds is 0. The van der Waals surface area contributed by atoms with Crippen LogP contribution in [0.15, 0.2) is 59.7 Å². The molecule has 3 aromatic rings. The van der Waals surface area contributed by atoms with E-state index in [1.165, 1.54) is 0 Å². The molecule has 70 valence electrons. The molecule has 0 radical (unpaired) electrons. The summed E-state index contributed by atoms with van der Waals surface area (Å²) in [4.78, 5) is 7.07. The van der Waals surface area contributed by atoms with E-state index >= 15 is 0 Å². The van der Waals surface area contributed by atoms with E-state index in [9.17, 15) is 0 Å². The van der Waals surface area contributed by atoms with Gasteiger partial charge < -0.3 is 9.40 Å². The average Bonchev–Trinajstić information content (AvgIpc) is 2.92. The van der Waals surface area contributed by atoms with Gasteiger partial charge in [0.2, 0.25) is 0 Å². The van der Waals surface area contributed by atoms with Crippen molar-refractivity contribution in [3.8, 4) is 0 Å². The van der Waals surface area contributed by atoms with Crippen LogP contribution in [0.5, 0.6) is 0 Å². The van der Waals surface area contributed by atoms with Crippen LogP contribution in [0.3, 0.4) is 0 Å². The van der Waals surface area contributed by atoms with Crippen molar-refractivity contribution in [2.75, 3.05) is 0 Å². The molecule has 3 heteroatoms. The highest BCUT2D eigenvalue weighted by Crippen LogP contribution is 2.05. The fourth-order valence-electron chi connectivity index (χ4n) is 1.11. The average molecular weight is 186 g/mol. The molecule has 2 heterocycles. The zero-order valence-corrected chi connectivity index (χ0v) is 7.55. The molecule has 3 nitrogen and oxygen atoms in total. The molecule has 0 unspecified atom stereocenters. The highest BCUT2D eigenvalue weighted by Gasteiger charge is 1.88. The zero-order chi connectivity index (χ0) is 9.64. The number of hydrogen-bond donors (Lipinski definition) is 1. The molecule has 0 aliphatic rings. The summed E-state index contributed by atoms with van der Waals surface area (Å²) >= 11 is 0. The maximum Gasteiger partial charge on any atom is 0.0931 e. The lowest BCUT2D eigenvalue weighted by atomic mass is 10.3. The second-order valence-corrected chi connectivity index (χ2v) is 2.71. The Morgan fingerprint density at radius 2 is 1.79 bits per heavy atom. The molecule has 0 bridgehead atoms. The van der Waals surface area contributed by atoms with Crippen LogP contribution in [0.1, 0.15) is 0 Å². The Kier molecular flexibility index (Phi) is 2.62. The number of imidazole rings is 1. The van der Waals surface area contributed by atoms with Gasteiger partial charge in [-0.05, 0) is 24.3 Å². The van der Waals surface area contributed by atoms with Crippen molar-refractivity contribution >= 4 is 11.0 Å². The normalized spacial score (nSPS) is 9.43. The summed E-state index contributed by atoms with van der Waals surface area (Å²) in [5, 5.41) is 0. The highest BCUT2D eigenvalue weighted by atomic mass is 16.3. The van der Waals surface area contributed by atoms with E-state index in [0.717, 1.165) is 11.0 Å². The first-order chi connectivity index (χ1) is 6.97. The Labute approximate surface area is 81.4 Å². The van der Waals surface area contributed by atoms with Crippen LogP contribution >= 0.6 is 0 Å². The van der Waals surface area contributed by atoms with Gasteiger partial charge in [-0.3, -0.25) is 0 Å². The van der Waals surface area contributed by atoms with Gasteiger partial charge in [-0.1, -0.05) is 12.1 Å². The molecule has 0 aliphatic heterocycles. The van der Waals surface area contributed by atoms with Crippen molar-refractivity contribution in [3.63, 3.8) is 0 Å². The Morgan fingerprint density at radius 1 is 1.00 bits per heavy atom. The maximum atomic E-state index is 4.58. The molecular formula is C11H10N2O. The van der Waals surface area contributed by atoms with Crippen molar-refractivity contribution in [2.45, 2.75) is 0 Å². The molecule has 0 atom stereocenters. The fourth-order valence-corrected chi connectivity index (χ4v) is 1.11. The minimum Gasteiger partial charge on any atom is -0.473 e. The summed E-state index contributed by atoms with van der Waals surface area (Å²) in [5.74, 6) is 0. The summed E-state index contributed by atoms with van der Waals surface area (Å²) < 4.78 is 4.58. The molecule has 2 aromatic heterocycles. The third-order valence-corrected chi connectivity index (χ3v) is 1.75. The second kappa shape index (κ2) is 4.28. The lowest BCUT2D eigenvalue weighted by Crippen LogP contribution is -1.63. The predicted molar refractivity (Wildman–Crippen MR) is 54.8 cm³/mol. The molecule has 3 rings (SSSR count). The van der Waals surface area contributed by atoms with E-state index in [1.807, 2.05) is 36.4 Å². The van der Waals surface area contributed by atoms with Crippen LogP contribution < -0.4 is 0 Å². The van der Waals surface area contributed by atoms with Gasteiger partial charge in [0.25, 0.3) is 0 Å². The van der Waals surface area contributed by atoms with Crippen LogP contribution in [0.4, 0.5) is 0 Å². The first kappa shape index (κ1) is 8.56. The summed E-state index contributed by atoms with van der Waals surface area (Å²) in [5.41, 5.74) is 2.12. The standard InChI is InChI=1S/C7H6N2.C4H4O/c1-2-4-7-6(3-1)8-5-9-7;1-2-4-5-3-1/h1-5H,(H,8,9);1-4H. The van der Waals surface area contributed by atoms with Gasteiger partial charge in [-0.25, -0.2) is 4.98 Å². The molecular weight excluding hydrogens is 176 g/mol. The van der Waals surface area contributed by atoms with E-state index < -0.39 is 0 Å². The van der Waals surface area contributed by atoms with Crippen molar-refractivity contribution < 1.29 is 4.42 Å². The van der Waals surface area contributed by atoms with Gasteiger partial charge in [0.15, 0.2) is 0 Å². The first-order valence-corrected chi connectivity index (χ1v) is 4.32. The minimum absolute atomic E-state index is 1.03. The van der Waals surface area contributed by atoms with E-state index in [1.54, 1.807) is 18.9 Å². The maximum absolute atomic E-state index is 4.58. The predicted octanol–water partition coefficient (Wildman–Crippen LogP) is 2.84. The quantitative estimate of drug-likeness (QED) is 0.586.